The number of benzene rings is 1. The Labute approximate surface area is 96.0 Å². The van der Waals surface area contributed by atoms with Crippen LogP contribution in [-0.4, -0.2) is 16.8 Å². The lowest BCUT2D eigenvalue weighted by molar-refractivity contribution is 0.0708. The summed E-state index contributed by atoms with van der Waals surface area (Å²) >= 11 is 4.80. The van der Waals surface area contributed by atoms with E-state index in [0.717, 1.165) is 5.75 Å². The molecule has 0 fully saturated rings. The second-order valence-corrected chi connectivity index (χ2v) is 3.69. The van der Waals surface area contributed by atoms with Gasteiger partial charge < -0.3 is 13.9 Å². The molecule has 1 atom stereocenters. The van der Waals surface area contributed by atoms with Crippen molar-refractivity contribution in [1.29, 1.82) is 0 Å². The van der Waals surface area contributed by atoms with Gasteiger partial charge in [0.2, 0.25) is 6.10 Å². The molecular weight excluding hydrogens is 228 g/mol. The number of aromatic amines is 1. The molecule has 2 heterocycles. The first kappa shape index (κ1) is 9.41. The summed E-state index contributed by atoms with van der Waals surface area (Å²) in [6, 6.07) is 7.46. The van der Waals surface area contributed by atoms with Crippen molar-refractivity contribution in [2.75, 3.05) is 6.61 Å². The number of aromatic nitrogens is 2. The maximum absolute atomic E-state index is 5.68. The zero-order valence-corrected chi connectivity index (χ0v) is 8.99. The Balaban J connectivity index is 1.90. The van der Waals surface area contributed by atoms with E-state index in [4.69, 9.17) is 26.1 Å². The first-order valence-electron chi connectivity index (χ1n) is 4.77. The normalized spacial score (nSPS) is 18.4. The van der Waals surface area contributed by atoms with Crippen LogP contribution in [0.4, 0.5) is 0 Å². The summed E-state index contributed by atoms with van der Waals surface area (Å²) in [5.41, 5.74) is 0. The van der Waals surface area contributed by atoms with Gasteiger partial charge >= 0.3 is 0 Å². The number of nitrogens with one attached hydrogen (secondary N) is 1. The van der Waals surface area contributed by atoms with Gasteiger partial charge in [-0.05, 0) is 24.4 Å². The predicted molar refractivity (Wildman–Crippen MR) is 57.0 cm³/mol. The SMILES string of the molecule is S=c1[nH]nc(C2COc3ccccc3O2)o1. The van der Waals surface area contributed by atoms with E-state index in [1.54, 1.807) is 0 Å². The number of rotatable bonds is 1. The lowest BCUT2D eigenvalue weighted by Crippen LogP contribution is -2.21. The molecule has 1 aromatic heterocycles. The number of ether oxygens (including phenoxy) is 2. The van der Waals surface area contributed by atoms with Gasteiger partial charge in [0.1, 0.15) is 6.61 Å². The smallest absolute Gasteiger partial charge is 0.284 e. The van der Waals surface area contributed by atoms with Crippen LogP contribution in [0.1, 0.15) is 12.0 Å². The van der Waals surface area contributed by atoms with Gasteiger partial charge in [0.15, 0.2) is 11.5 Å². The third-order valence-electron chi connectivity index (χ3n) is 2.24. The second kappa shape index (κ2) is 3.64. The highest BCUT2D eigenvalue weighted by Gasteiger charge is 2.26. The Morgan fingerprint density at radius 2 is 2.12 bits per heavy atom. The van der Waals surface area contributed by atoms with Crippen molar-refractivity contribution >= 4 is 12.2 Å². The molecule has 5 nitrogen and oxygen atoms in total. The summed E-state index contributed by atoms with van der Waals surface area (Å²) in [7, 11) is 0. The molecule has 0 bridgehead atoms. The maximum Gasteiger partial charge on any atom is 0.284 e. The van der Waals surface area contributed by atoms with E-state index in [0.29, 0.717) is 18.2 Å². The summed E-state index contributed by atoms with van der Waals surface area (Å²) < 4.78 is 16.4. The zero-order valence-electron chi connectivity index (χ0n) is 8.17. The molecule has 1 aliphatic rings. The number of hydrogen-bond donors (Lipinski definition) is 1. The van der Waals surface area contributed by atoms with Crippen LogP contribution in [-0.2, 0) is 0 Å². The van der Waals surface area contributed by atoms with Crippen molar-refractivity contribution in [3.8, 4) is 11.5 Å². The van der Waals surface area contributed by atoms with E-state index in [-0.39, 0.29) is 10.9 Å². The van der Waals surface area contributed by atoms with Crippen molar-refractivity contribution in [3.05, 3.63) is 35.0 Å². The molecule has 6 heteroatoms. The van der Waals surface area contributed by atoms with Gasteiger partial charge in [-0.25, -0.2) is 5.10 Å². The minimum Gasteiger partial charge on any atom is -0.485 e. The summed E-state index contributed by atoms with van der Waals surface area (Å²) in [4.78, 5) is 0.234. The molecule has 82 valence electrons. The van der Waals surface area contributed by atoms with E-state index >= 15 is 0 Å². The molecule has 0 saturated heterocycles. The Bertz CT molecular complexity index is 563. The van der Waals surface area contributed by atoms with Crippen LogP contribution in [0.15, 0.2) is 28.7 Å². The first-order valence-corrected chi connectivity index (χ1v) is 5.17. The second-order valence-electron chi connectivity index (χ2n) is 3.32. The average molecular weight is 236 g/mol. The third-order valence-corrected chi connectivity index (χ3v) is 2.41. The Hall–Kier alpha value is -1.82. The minimum atomic E-state index is -0.358. The van der Waals surface area contributed by atoms with Gasteiger partial charge in [0.05, 0.1) is 0 Å². The topological polar surface area (TPSA) is 60.3 Å². The van der Waals surface area contributed by atoms with Crippen LogP contribution in [0.25, 0.3) is 0 Å². The molecule has 0 amide bonds. The van der Waals surface area contributed by atoms with E-state index in [9.17, 15) is 0 Å². The summed E-state index contributed by atoms with van der Waals surface area (Å²) in [6.07, 6.45) is -0.358. The van der Waals surface area contributed by atoms with Gasteiger partial charge in [0, 0.05) is 0 Å². The highest BCUT2D eigenvalue weighted by Crippen LogP contribution is 2.35. The molecule has 0 aliphatic carbocycles. The van der Waals surface area contributed by atoms with E-state index in [1.165, 1.54) is 0 Å². The fourth-order valence-electron chi connectivity index (χ4n) is 1.52. The number of fused-ring (bicyclic) bond motifs is 1. The summed E-state index contributed by atoms with van der Waals surface area (Å²) in [5, 5.41) is 6.46. The molecule has 1 aromatic carbocycles. The van der Waals surface area contributed by atoms with Crippen LogP contribution in [0, 0.1) is 4.84 Å². The monoisotopic (exact) mass is 236 g/mol. The van der Waals surface area contributed by atoms with Gasteiger partial charge in [-0.1, -0.05) is 12.1 Å². The van der Waals surface area contributed by atoms with E-state index in [2.05, 4.69) is 10.2 Å². The largest absolute Gasteiger partial charge is 0.485 e. The molecule has 0 spiro atoms. The molecule has 1 N–H and O–H groups in total. The lowest BCUT2D eigenvalue weighted by Gasteiger charge is -2.23. The zero-order chi connectivity index (χ0) is 11.0. The van der Waals surface area contributed by atoms with Gasteiger partial charge in [-0.2, -0.15) is 0 Å². The van der Waals surface area contributed by atoms with Crippen molar-refractivity contribution in [1.82, 2.24) is 10.2 Å². The summed E-state index contributed by atoms with van der Waals surface area (Å²) in [6.45, 7) is 0.361. The standard InChI is InChI=1S/C10H8N2O3S/c16-10-12-11-9(15-10)8-5-13-6-3-1-2-4-7(6)14-8/h1-4,8H,5H2,(H,12,16). The molecule has 16 heavy (non-hydrogen) atoms. The number of nitrogens with zero attached hydrogens (tertiary/aromatic N) is 1. The number of hydrogen-bond acceptors (Lipinski definition) is 5. The quantitative estimate of drug-likeness (QED) is 0.769. The minimum absolute atomic E-state index is 0.234. The number of para-hydroxylation sites is 2. The van der Waals surface area contributed by atoms with Gasteiger partial charge in [-0.3, -0.25) is 0 Å². The molecule has 0 saturated carbocycles. The molecule has 3 rings (SSSR count). The van der Waals surface area contributed by atoms with Crippen molar-refractivity contribution in [2.45, 2.75) is 6.10 Å². The van der Waals surface area contributed by atoms with Crippen LogP contribution >= 0.6 is 12.2 Å². The van der Waals surface area contributed by atoms with Crippen LogP contribution in [0.5, 0.6) is 11.5 Å². The fraction of sp³-hybridized carbons (Fsp3) is 0.200. The van der Waals surface area contributed by atoms with Crippen molar-refractivity contribution < 1.29 is 13.9 Å². The van der Waals surface area contributed by atoms with Crippen LogP contribution in [0.2, 0.25) is 0 Å². The highest BCUT2D eigenvalue weighted by atomic mass is 32.1. The van der Waals surface area contributed by atoms with Gasteiger partial charge in [-0.15, -0.1) is 5.10 Å². The Morgan fingerprint density at radius 1 is 1.31 bits per heavy atom. The van der Waals surface area contributed by atoms with E-state index < -0.39 is 0 Å². The van der Waals surface area contributed by atoms with Crippen molar-refractivity contribution in [2.24, 2.45) is 0 Å². The Kier molecular flexibility index (Phi) is 2.14. The molecule has 2 aromatic rings. The van der Waals surface area contributed by atoms with Crippen LogP contribution in [0.3, 0.4) is 0 Å². The summed E-state index contributed by atoms with van der Waals surface area (Å²) in [5.74, 6) is 1.82. The maximum atomic E-state index is 5.68. The Morgan fingerprint density at radius 3 is 2.88 bits per heavy atom. The third kappa shape index (κ3) is 1.57. The lowest BCUT2D eigenvalue weighted by atomic mass is 10.2. The number of H-pyrrole nitrogens is 1. The van der Waals surface area contributed by atoms with E-state index in [1.807, 2.05) is 24.3 Å². The molecular formula is C10H8N2O3S. The van der Waals surface area contributed by atoms with Crippen molar-refractivity contribution in [3.63, 3.8) is 0 Å². The highest BCUT2D eigenvalue weighted by molar-refractivity contribution is 7.71. The predicted octanol–water partition coefficient (Wildman–Crippen LogP) is 2.24. The van der Waals surface area contributed by atoms with Gasteiger partial charge in [0.25, 0.3) is 10.7 Å². The molecule has 1 aliphatic heterocycles. The van der Waals surface area contributed by atoms with Crippen LogP contribution < -0.4 is 9.47 Å². The fourth-order valence-corrected chi connectivity index (χ4v) is 1.65. The molecule has 0 radical (unpaired) electrons. The first-order chi connectivity index (χ1) is 7.83. The average Bonchev–Trinajstić information content (AvgIpc) is 2.75. The molecule has 1 unspecified atom stereocenters.